The molecule has 0 aromatic heterocycles. The average Bonchev–Trinajstić information content (AvgIpc) is 2.57. The minimum atomic E-state index is -0.946. The maximum absolute atomic E-state index is 11.7. The van der Waals surface area contributed by atoms with E-state index in [2.05, 4.69) is 15.8 Å². The van der Waals surface area contributed by atoms with Gasteiger partial charge in [0.25, 0.3) is 5.69 Å². The van der Waals surface area contributed by atoms with Crippen LogP contribution in [0.3, 0.4) is 0 Å². The van der Waals surface area contributed by atoms with E-state index in [1.54, 1.807) is 0 Å². The van der Waals surface area contributed by atoms with Gasteiger partial charge in [0.05, 0.1) is 11.1 Å². The Morgan fingerprint density at radius 3 is 2.38 bits per heavy atom. The lowest BCUT2D eigenvalue weighted by atomic mass is 10.1. The van der Waals surface area contributed by atoms with Crippen LogP contribution >= 0.6 is 0 Å². The first-order valence-electron chi connectivity index (χ1n) is 6.92. The molecule has 2 N–H and O–H groups in total. The molecule has 0 aliphatic rings. The zero-order valence-electron chi connectivity index (χ0n) is 12.7. The second-order valence-electron chi connectivity index (χ2n) is 4.81. The molecule has 8 heteroatoms. The summed E-state index contributed by atoms with van der Waals surface area (Å²) in [6, 6.07) is 12.5. The predicted molar refractivity (Wildman–Crippen MR) is 88.6 cm³/mol. The third kappa shape index (κ3) is 4.47. The number of hydrogen-bond acceptors (Lipinski definition) is 5. The van der Waals surface area contributed by atoms with E-state index < -0.39 is 16.7 Å². The third-order valence-electron chi connectivity index (χ3n) is 3.10. The quantitative estimate of drug-likeness (QED) is 0.387. The zero-order valence-corrected chi connectivity index (χ0v) is 12.7. The number of hydrogen-bond donors (Lipinski definition) is 2. The highest BCUT2D eigenvalue weighted by Crippen LogP contribution is 2.15. The maximum Gasteiger partial charge on any atom is 0.329 e. The van der Waals surface area contributed by atoms with Gasteiger partial charge in [-0.05, 0) is 30.2 Å². The molecule has 0 spiro atoms. The molecule has 0 fully saturated rings. The van der Waals surface area contributed by atoms with Gasteiger partial charge in [-0.1, -0.05) is 24.3 Å². The largest absolute Gasteiger partial charge is 0.329 e. The summed E-state index contributed by atoms with van der Waals surface area (Å²) in [7, 11) is 0. The molecule has 0 aliphatic carbocycles. The number of nitrogens with zero attached hydrogens (tertiary/aromatic N) is 2. The molecule has 24 heavy (non-hydrogen) atoms. The van der Waals surface area contributed by atoms with Gasteiger partial charge in [-0.25, -0.2) is 5.43 Å². The molecule has 2 aromatic carbocycles. The van der Waals surface area contributed by atoms with Gasteiger partial charge >= 0.3 is 11.8 Å². The van der Waals surface area contributed by atoms with Crippen molar-refractivity contribution in [3.8, 4) is 0 Å². The fourth-order valence-electron chi connectivity index (χ4n) is 1.80. The van der Waals surface area contributed by atoms with E-state index in [9.17, 15) is 19.7 Å². The molecular weight excluding hydrogens is 312 g/mol. The summed E-state index contributed by atoms with van der Waals surface area (Å²) < 4.78 is 0. The molecule has 0 radical (unpaired) electrons. The Kier molecular flexibility index (Phi) is 5.35. The van der Waals surface area contributed by atoms with Crippen molar-refractivity contribution in [3.05, 3.63) is 69.8 Å². The van der Waals surface area contributed by atoms with Crippen LogP contribution in [-0.2, 0) is 9.59 Å². The molecule has 2 aromatic rings. The van der Waals surface area contributed by atoms with Crippen molar-refractivity contribution in [3.63, 3.8) is 0 Å². The summed E-state index contributed by atoms with van der Waals surface area (Å²) in [5, 5.41) is 16.6. The van der Waals surface area contributed by atoms with Crippen LogP contribution in [0.4, 0.5) is 11.4 Å². The van der Waals surface area contributed by atoms with Gasteiger partial charge in [0, 0.05) is 17.8 Å². The molecule has 0 saturated heterocycles. The molecule has 8 nitrogen and oxygen atoms in total. The summed E-state index contributed by atoms with van der Waals surface area (Å²) in [6.45, 7) is 1.89. The molecular formula is C16H14N4O4. The lowest BCUT2D eigenvalue weighted by Crippen LogP contribution is -2.32. The number of nitrogens with one attached hydrogen (secondary N) is 2. The van der Waals surface area contributed by atoms with E-state index in [1.807, 2.05) is 31.2 Å². The van der Waals surface area contributed by atoms with Crippen LogP contribution in [0.2, 0.25) is 0 Å². The first-order valence-corrected chi connectivity index (χ1v) is 6.92. The molecule has 2 amide bonds. The molecule has 0 unspecified atom stereocenters. The lowest BCUT2D eigenvalue weighted by Gasteiger charge is -2.03. The van der Waals surface area contributed by atoms with Crippen LogP contribution < -0.4 is 10.7 Å². The van der Waals surface area contributed by atoms with E-state index in [1.165, 1.54) is 30.5 Å². The first kappa shape index (κ1) is 16.8. The van der Waals surface area contributed by atoms with Gasteiger partial charge in [0.1, 0.15) is 0 Å². The van der Waals surface area contributed by atoms with Crippen molar-refractivity contribution < 1.29 is 14.5 Å². The Morgan fingerprint density at radius 2 is 1.75 bits per heavy atom. The Bertz CT molecular complexity index is 800. The number of amides is 2. The van der Waals surface area contributed by atoms with Crippen LogP contribution in [0.25, 0.3) is 0 Å². The number of non-ortho nitro benzene ring substituents is 1. The fourth-order valence-corrected chi connectivity index (χ4v) is 1.80. The topological polar surface area (TPSA) is 114 Å². The highest BCUT2D eigenvalue weighted by atomic mass is 16.6. The Labute approximate surface area is 137 Å². The number of rotatable bonds is 4. The molecule has 0 saturated carbocycles. The van der Waals surface area contributed by atoms with Crippen LogP contribution in [0.5, 0.6) is 0 Å². The van der Waals surface area contributed by atoms with Gasteiger partial charge in [0.15, 0.2) is 0 Å². The highest BCUT2D eigenvalue weighted by Gasteiger charge is 2.13. The summed E-state index contributed by atoms with van der Waals surface area (Å²) in [6.07, 6.45) is 1.44. The van der Waals surface area contributed by atoms with Gasteiger partial charge in [-0.2, -0.15) is 5.10 Å². The van der Waals surface area contributed by atoms with E-state index in [0.29, 0.717) is 0 Å². The van der Waals surface area contributed by atoms with Crippen LogP contribution in [0, 0.1) is 17.0 Å². The monoisotopic (exact) mass is 326 g/mol. The first-order chi connectivity index (χ1) is 11.5. The van der Waals surface area contributed by atoms with Gasteiger partial charge < -0.3 is 5.32 Å². The average molecular weight is 326 g/mol. The molecule has 0 atom stereocenters. The van der Waals surface area contributed by atoms with Crippen molar-refractivity contribution >= 4 is 29.4 Å². The number of nitro benzene ring substituents is 1. The van der Waals surface area contributed by atoms with Gasteiger partial charge in [0.2, 0.25) is 0 Å². The van der Waals surface area contributed by atoms with Gasteiger partial charge in [-0.15, -0.1) is 0 Å². The minimum absolute atomic E-state index is 0.111. The molecule has 0 bridgehead atoms. The second-order valence-corrected chi connectivity index (χ2v) is 4.81. The van der Waals surface area contributed by atoms with Crippen molar-refractivity contribution in [2.45, 2.75) is 6.92 Å². The smallest absolute Gasteiger partial charge is 0.318 e. The number of carbonyl (C=O) groups is 2. The third-order valence-corrected chi connectivity index (χ3v) is 3.10. The summed E-state index contributed by atoms with van der Waals surface area (Å²) in [5.74, 6) is -1.87. The highest BCUT2D eigenvalue weighted by molar-refractivity contribution is 6.39. The number of anilines is 1. The van der Waals surface area contributed by atoms with Crippen molar-refractivity contribution in [2.24, 2.45) is 5.10 Å². The lowest BCUT2D eigenvalue weighted by molar-refractivity contribution is -0.384. The fraction of sp³-hybridized carbons (Fsp3) is 0.0625. The minimum Gasteiger partial charge on any atom is -0.318 e. The van der Waals surface area contributed by atoms with E-state index in [-0.39, 0.29) is 11.4 Å². The van der Waals surface area contributed by atoms with E-state index in [4.69, 9.17) is 0 Å². The Hall–Kier alpha value is -3.55. The second kappa shape index (κ2) is 7.63. The Morgan fingerprint density at radius 1 is 1.08 bits per heavy atom. The van der Waals surface area contributed by atoms with Crippen LogP contribution in [-0.4, -0.2) is 23.0 Å². The normalized spacial score (nSPS) is 10.4. The summed E-state index contributed by atoms with van der Waals surface area (Å²) in [5.41, 5.74) is 4.07. The summed E-state index contributed by atoms with van der Waals surface area (Å²) in [4.78, 5) is 33.3. The van der Waals surface area contributed by atoms with Crippen molar-refractivity contribution in [1.82, 2.24) is 5.43 Å². The number of benzene rings is 2. The van der Waals surface area contributed by atoms with Gasteiger partial charge in [-0.3, -0.25) is 19.7 Å². The molecule has 0 heterocycles. The van der Waals surface area contributed by atoms with E-state index >= 15 is 0 Å². The number of carbonyl (C=O) groups excluding carboxylic acids is 2. The SMILES string of the molecule is Cc1ccccc1/C=N/NC(=O)C(=O)Nc1ccc([N+](=O)[O-])cc1. The predicted octanol–water partition coefficient (Wildman–Crippen LogP) is 1.99. The van der Waals surface area contributed by atoms with Crippen LogP contribution in [0.15, 0.2) is 53.6 Å². The maximum atomic E-state index is 11.7. The molecule has 0 aliphatic heterocycles. The number of nitro groups is 1. The van der Waals surface area contributed by atoms with E-state index in [0.717, 1.165) is 11.1 Å². The standard InChI is InChI=1S/C16H14N4O4/c1-11-4-2-3-5-12(11)10-17-19-16(22)15(21)18-13-6-8-14(9-7-13)20(23)24/h2-10H,1H3,(H,18,21)(H,19,22)/b17-10+. The zero-order chi connectivity index (χ0) is 17.5. The van der Waals surface area contributed by atoms with Crippen molar-refractivity contribution in [1.29, 1.82) is 0 Å². The number of aryl methyl sites for hydroxylation is 1. The van der Waals surface area contributed by atoms with Crippen LogP contribution in [0.1, 0.15) is 11.1 Å². The summed E-state index contributed by atoms with van der Waals surface area (Å²) >= 11 is 0. The molecule has 2 rings (SSSR count). The molecule has 122 valence electrons. The Balaban J connectivity index is 1.91. The number of hydrazone groups is 1. The van der Waals surface area contributed by atoms with Crippen molar-refractivity contribution in [2.75, 3.05) is 5.32 Å².